The molecule has 1 aliphatic rings. The molecule has 0 radical (unpaired) electrons. The van der Waals surface area contributed by atoms with E-state index in [9.17, 15) is 24.5 Å². The Morgan fingerprint density at radius 1 is 1.32 bits per heavy atom. The standard InChI is InChI=1S/C14H15N3O7S/c1-3-23-13(19)11-7(2)15-14(20)16-8(11)6-24-12(18)9-4-5-10(25-9)17(21)22/h4-5,7H,3,6H2,1-2H3,(H2,15,16,20)/t7-/m0/s1. The van der Waals surface area contributed by atoms with E-state index in [4.69, 9.17) is 9.47 Å². The molecule has 1 atom stereocenters. The first-order valence-corrected chi connectivity index (χ1v) is 8.04. The Bertz CT molecular complexity index is 755. The van der Waals surface area contributed by atoms with Gasteiger partial charge in [0.15, 0.2) is 0 Å². The topological polar surface area (TPSA) is 137 Å². The lowest BCUT2D eigenvalue weighted by molar-refractivity contribution is -0.380. The zero-order valence-corrected chi connectivity index (χ0v) is 14.2. The number of ether oxygens (including phenoxy) is 2. The summed E-state index contributed by atoms with van der Waals surface area (Å²) >= 11 is 0.671. The first kappa shape index (κ1) is 18.4. The summed E-state index contributed by atoms with van der Waals surface area (Å²) in [5.74, 6) is -1.44. The minimum atomic E-state index is -0.797. The number of hydrogen-bond donors (Lipinski definition) is 2. The molecule has 2 rings (SSSR count). The van der Waals surface area contributed by atoms with Gasteiger partial charge in [-0.05, 0) is 19.9 Å². The number of urea groups is 1. The lowest BCUT2D eigenvalue weighted by atomic mass is 10.0. The molecule has 10 nitrogen and oxygen atoms in total. The zero-order chi connectivity index (χ0) is 18.6. The van der Waals surface area contributed by atoms with E-state index in [0.717, 1.165) is 0 Å². The van der Waals surface area contributed by atoms with Crippen LogP contribution in [0.15, 0.2) is 23.4 Å². The molecule has 25 heavy (non-hydrogen) atoms. The van der Waals surface area contributed by atoms with Crippen LogP contribution in [0.3, 0.4) is 0 Å². The Morgan fingerprint density at radius 2 is 2.04 bits per heavy atom. The van der Waals surface area contributed by atoms with Gasteiger partial charge in [0, 0.05) is 6.07 Å². The summed E-state index contributed by atoms with van der Waals surface area (Å²) in [6.45, 7) is 3.00. The molecule has 134 valence electrons. The molecule has 0 saturated carbocycles. The van der Waals surface area contributed by atoms with Crippen LogP contribution in [0.25, 0.3) is 0 Å². The highest BCUT2D eigenvalue weighted by Gasteiger charge is 2.30. The fraction of sp³-hybridized carbons (Fsp3) is 0.357. The van der Waals surface area contributed by atoms with Crippen molar-refractivity contribution in [1.82, 2.24) is 10.6 Å². The molecule has 1 aromatic rings. The van der Waals surface area contributed by atoms with Crippen molar-refractivity contribution in [3.63, 3.8) is 0 Å². The second-order valence-electron chi connectivity index (χ2n) is 4.90. The SMILES string of the molecule is CCOC(=O)C1=C(COC(=O)c2ccc([N+](=O)[O-])s2)NC(=O)N[C@H]1C. The van der Waals surface area contributed by atoms with Crippen molar-refractivity contribution in [3.05, 3.63) is 38.4 Å². The maximum absolute atomic E-state index is 12.0. The molecule has 2 amide bonds. The van der Waals surface area contributed by atoms with Gasteiger partial charge in [-0.1, -0.05) is 11.3 Å². The van der Waals surface area contributed by atoms with E-state index in [1.165, 1.54) is 12.1 Å². The molecule has 0 bridgehead atoms. The van der Waals surface area contributed by atoms with Crippen molar-refractivity contribution in [2.75, 3.05) is 13.2 Å². The van der Waals surface area contributed by atoms with Crippen LogP contribution in [-0.4, -0.2) is 42.1 Å². The average Bonchev–Trinajstić information content (AvgIpc) is 3.02. The van der Waals surface area contributed by atoms with Crippen molar-refractivity contribution in [1.29, 1.82) is 0 Å². The molecule has 1 aliphatic heterocycles. The third-order valence-corrected chi connectivity index (χ3v) is 4.20. The van der Waals surface area contributed by atoms with Gasteiger partial charge in [0.05, 0.1) is 28.8 Å². The predicted octanol–water partition coefficient (Wildman–Crippen LogP) is 1.33. The number of hydrogen-bond acceptors (Lipinski definition) is 8. The fourth-order valence-electron chi connectivity index (χ4n) is 2.14. The lowest BCUT2D eigenvalue weighted by Gasteiger charge is -2.26. The molecule has 0 spiro atoms. The summed E-state index contributed by atoms with van der Waals surface area (Å²) in [6.07, 6.45) is 0. The minimum absolute atomic E-state index is 0.0401. The number of nitrogens with one attached hydrogen (secondary N) is 2. The van der Waals surface area contributed by atoms with Gasteiger partial charge in [0.2, 0.25) is 0 Å². The molecule has 0 saturated heterocycles. The zero-order valence-electron chi connectivity index (χ0n) is 13.4. The van der Waals surface area contributed by atoms with Crippen molar-refractivity contribution in [2.45, 2.75) is 19.9 Å². The monoisotopic (exact) mass is 369 g/mol. The largest absolute Gasteiger partial charge is 0.463 e. The normalized spacial score (nSPS) is 16.7. The predicted molar refractivity (Wildman–Crippen MR) is 86.0 cm³/mol. The third kappa shape index (κ3) is 4.32. The number of carbonyl (C=O) groups is 3. The maximum atomic E-state index is 12.0. The first-order chi connectivity index (χ1) is 11.8. The average molecular weight is 369 g/mol. The summed E-state index contributed by atoms with van der Waals surface area (Å²) in [5.41, 5.74) is 0.250. The Hall–Kier alpha value is -2.95. The summed E-state index contributed by atoms with van der Waals surface area (Å²) in [4.78, 5) is 45.7. The van der Waals surface area contributed by atoms with E-state index in [1.54, 1.807) is 13.8 Å². The first-order valence-electron chi connectivity index (χ1n) is 7.22. The Morgan fingerprint density at radius 3 is 2.64 bits per heavy atom. The number of amides is 2. The van der Waals surface area contributed by atoms with E-state index >= 15 is 0 Å². The second-order valence-corrected chi connectivity index (χ2v) is 5.97. The van der Waals surface area contributed by atoms with Gasteiger partial charge >= 0.3 is 23.0 Å². The smallest absolute Gasteiger partial charge is 0.348 e. The second kappa shape index (κ2) is 7.75. The van der Waals surface area contributed by atoms with Crippen LogP contribution >= 0.6 is 11.3 Å². The van der Waals surface area contributed by atoms with Crippen LogP contribution < -0.4 is 10.6 Å². The van der Waals surface area contributed by atoms with Gasteiger partial charge in [0.25, 0.3) is 0 Å². The van der Waals surface area contributed by atoms with Gasteiger partial charge in [0.1, 0.15) is 11.5 Å². The molecule has 2 N–H and O–H groups in total. The molecule has 1 aromatic heterocycles. The third-order valence-electron chi connectivity index (χ3n) is 3.19. The Balaban J connectivity index is 2.15. The number of nitrogens with zero attached hydrogens (tertiary/aromatic N) is 1. The quantitative estimate of drug-likeness (QED) is 0.438. The molecular formula is C14H15N3O7S. The molecule has 0 aromatic carbocycles. The molecular weight excluding hydrogens is 354 g/mol. The molecule has 0 aliphatic carbocycles. The molecule has 0 fully saturated rings. The van der Waals surface area contributed by atoms with Gasteiger partial charge < -0.3 is 20.1 Å². The molecule has 2 heterocycles. The summed E-state index contributed by atoms with van der Waals surface area (Å²) in [7, 11) is 0. The fourth-order valence-corrected chi connectivity index (χ4v) is 2.85. The van der Waals surface area contributed by atoms with Crippen LogP contribution in [0.1, 0.15) is 23.5 Å². The molecule has 11 heteroatoms. The van der Waals surface area contributed by atoms with Crippen molar-refractivity contribution in [3.8, 4) is 0 Å². The van der Waals surface area contributed by atoms with E-state index in [-0.39, 0.29) is 34.4 Å². The Labute approximate surface area is 145 Å². The number of thiophene rings is 1. The minimum Gasteiger partial charge on any atom is -0.463 e. The summed E-state index contributed by atoms with van der Waals surface area (Å²) < 4.78 is 9.99. The van der Waals surface area contributed by atoms with Gasteiger partial charge in [-0.25, -0.2) is 14.4 Å². The number of nitro groups is 1. The van der Waals surface area contributed by atoms with E-state index < -0.39 is 28.9 Å². The van der Waals surface area contributed by atoms with Gasteiger partial charge in [-0.3, -0.25) is 10.1 Å². The number of rotatable bonds is 6. The van der Waals surface area contributed by atoms with E-state index in [1.807, 2.05) is 0 Å². The van der Waals surface area contributed by atoms with Crippen LogP contribution in [0.4, 0.5) is 9.80 Å². The highest BCUT2D eigenvalue weighted by Crippen LogP contribution is 2.24. The van der Waals surface area contributed by atoms with Crippen molar-refractivity contribution in [2.24, 2.45) is 0 Å². The van der Waals surface area contributed by atoms with Gasteiger partial charge in [-0.15, -0.1) is 0 Å². The lowest BCUT2D eigenvalue weighted by Crippen LogP contribution is -2.50. The van der Waals surface area contributed by atoms with Crippen LogP contribution in [-0.2, 0) is 14.3 Å². The van der Waals surface area contributed by atoms with Crippen molar-refractivity contribution >= 4 is 34.3 Å². The summed E-state index contributed by atoms with van der Waals surface area (Å²) in [5, 5.41) is 15.4. The van der Waals surface area contributed by atoms with Crippen LogP contribution in [0, 0.1) is 10.1 Å². The van der Waals surface area contributed by atoms with Crippen LogP contribution in [0.5, 0.6) is 0 Å². The van der Waals surface area contributed by atoms with E-state index in [0.29, 0.717) is 11.3 Å². The maximum Gasteiger partial charge on any atom is 0.348 e. The van der Waals surface area contributed by atoms with Gasteiger partial charge in [-0.2, -0.15) is 0 Å². The van der Waals surface area contributed by atoms with E-state index in [2.05, 4.69) is 10.6 Å². The molecule has 0 unspecified atom stereocenters. The van der Waals surface area contributed by atoms with Crippen LogP contribution in [0.2, 0.25) is 0 Å². The number of carbonyl (C=O) groups excluding carboxylic acids is 3. The highest BCUT2D eigenvalue weighted by atomic mass is 32.1. The Kier molecular flexibility index (Phi) is 5.70. The highest BCUT2D eigenvalue weighted by molar-refractivity contribution is 7.17. The summed E-state index contributed by atoms with van der Waals surface area (Å²) in [6, 6.07) is 1.30. The van der Waals surface area contributed by atoms with Crippen molar-refractivity contribution < 1.29 is 28.8 Å². The number of esters is 2.